The highest BCUT2D eigenvalue weighted by Gasteiger charge is 1.94. The van der Waals surface area contributed by atoms with Crippen LogP contribution in [0.2, 0.25) is 10.0 Å². The molecule has 0 aliphatic heterocycles. The van der Waals surface area contributed by atoms with Gasteiger partial charge in [-0.05, 0) is 43.0 Å². The maximum Gasteiger partial charge on any atom is 0.0822 e. The molecule has 0 aromatic heterocycles. The van der Waals surface area contributed by atoms with Gasteiger partial charge in [0.15, 0.2) is 0 Å². The minimum atomic E-state index is 0.0107. The minimum Gasteiger partial charge on any atom is -0.237 e. The SMILES string of the molecule is [O]CCCCC=Cc1cc(Cl)cc(Cl)c1. The van der Waals surface area contributed by atoms with Crippen LogP contribution in [-0.2, 0) is 5.11 Å². The summed E-state index contributed by atoms with van der Waals surface area (Å²) in [6.45, 7) is 0.0107. The Balaban J connectivity index is 2.49. The Morgan fingerprint density at radius 2 is 1.73 bits per heavy atom. The summed E-state index contributed by atoms with van der Waals surface area (Å²) in [5.74, 6) is 0. The number of hydrogen-bond donors (Lipinski definition) is 0. The summed E-state index contributed by atoms with van der Waals surface area (Å²) in [6, 6.07) is 5.42. The highest BCUT2D eigenvalue weighted by molar-refractivity contribution is 6.34. The molecule has 1 radical (unpaired) electrons. The number of rotatable bonds is 5. The van der Waals surface area contributed by atoms with Crippen LogP contribution in [0.25, 0.3) is 6.08 Å². The normalized spacial score (nSPS) is 11.1. The lowest BCUT2D eigenvalue weighted by Gasteiger charge is -1.97. The highest BCUT2D eigenvalue weighted by Crippen LogP contribution is 2.20. The van der Waals surface area contributed by atoms with Crippen molar-refractivity contribution in [3.8, 4) is 0 Å². The maximum atomic E-state index is 10.2. The van der Waals surface area contributed by atoms with Crippen molar-refractivity contribution in [2.24, 2.45) is 0 Å². The van der Waals surface area contributed by atoms with Crippen LogP contribution in [0.1, 0.15) is 24.8 Å². The minimum absolute atomic E-state index is 0.0107. The second-order valence-electron chi connectivity index (χ2n) is 3.31. The van der Waals surface area contributed by atoms with Crippen LogP contribution in [0.15, 0.2) is 24.3 Å². The molecule has 0 fully saturated rings. The first-order valence-corrected chi connectivity index (χ1v) is 5.68. The van der Waals surface area contributed by atoms with Crippen molar-refractivity contribution in [3.63, 3.8) is 0 Å². The molecule has 0 unspecified atom stereocenters. The summed E-state index contributed by atoms with van der Waals surface area (Å²) < 4.78 is 0. The molecule has 1 aromatic rings. The molecule has 0 aliphatic carbocycles. The van der Waals surface area contributed by atoms with E-state index < -0.39 is 0 Å². The Labute approximate surface area is 100 Å². The molecule has 81 valence electrons. The van der Waals surface area contributed by atoms with Crippen LogP contribution < -0.4 is 0 Å². The summed E-state index contributed by atoms with van der Waals surface area (Å²) in [4.78, 5) is 0. The first kappa shape index (κ1) is 12.6. The molecule has 0 saturated heterocycles. The summed E-state index contributed by atoms with van der Waals surface area (Å²) in [7, 11) is 0. The van der Waals surface area contributed by atoms with Crippen LogP contribution >= 0.6 is 23.2 Å². The van der Waals surface area contributed by atoms with E-state index in [0.717, 1.165) is 24.8 Å². The molecule has 0 amide bonds. The third kappa shape index (κ3) is 5.22. The van der Waals surface area contributed by atoms with E-state index in [1.165, 1.54) is 0 Å². The van der Waals surface area contributed by atoms with Crippen molar-refractivity contribution in [1.29, 1.82) is 0 Å². The third-order valence-electron chi connectivity index (χ3n) is 1.96. The highest BCUT2D eigenvalue weighted by atomic mass is 35.5. The fourth-order valence-electron chi connectivity index (χ4n) is 1.26. The molecule has 0 saturated carbocycles. The van der Waals surface area contributed by atoms with E-state index in [9.17, 15) is 5.11 Å². The third-order valence-corrected chi connectivity index (χ3v) is 2.40. The number of hydrogen-bond acceptors (Lipinski definition) is 0. The Hall–Kier alpha value is -0.500. The van der Waals surface area contributed by atoms with Gasteiger partial charge < -0.3 is 0 Å². The zero-order chi connectivity index (χ0) is 11.1. The van der Waals surface area contributed by atoms with Gasteiger partial charge in [0.1, 0.15) is 0 Å². The predicted octanol–water partition coefficient (Wildman–Crippen LogP) is 4.61. The first-order chi connectivity index (χ1) is 7.22. The Bertz CT molecular complexity index is 314. The quantitative estimate of drug-likeness (QED) is 0.674. The monoisotopic (exact) mass is 243 g/mol. The van der Waals surface area contributed by atoms with E-state index in [0.29, 0.717) is 10.0 Å². The molecule has 0 aliphatic rings. The summed E-state index contributed by atoms with van der Waals surface area (Å²) >= 11 is 11.7. The molecule has 1 aromatic carbocycles. The second kappa shape index (κ2) is 6.89. The van der Waals surface area contributed by atoms with Crippen LogP contribution in [0, 0.1) is 0 Å². The number of halogens is 2. The Kier molecular flexibility index (Phi) is 5.77. The van der Waals surface area contributed by atoms with E-state index in [4.69, 9.17) is 23.2 Å². The summed E-state index contributed by atoms with van der Waals surface area (Å²) in [6.07, 6.45) is 6.61. The van der Waals surface area contributed by atoms with Crippen molar-refractivity contribution < 1.29 is 5.11 Å². The molecule has 0 atom stereocenters. The predicted molar refractivity (Wildman–Crippen MR) is 64.9 cm³/mol. The molecule has 3 heteroatoms. The lowest BCUT2D eigenvalue weighted by Crippen LogP contribution is -1.79. The number of benzene rings is 1. The molecular formula is C12H13Cl2O. The van der Waals surface area contributed by atoms with Gasteiger partial charge in [-0.2, -0.15) is 0 Å². The van der Waals surface area contributed by atoms with E-state index in [-0.39, 0.29) is 6.61 Å². The van der Waals surface area contributed by atoms with Gasteiger partial charge in [-0.15, -0.1) is 0 Å². The molecule has 0 spiro atoms. The standard InChI is InChI=1S/C12H13Cl2O/c13-11-7-10(8-12(14)9-11)5-3-1-2-4-6-15/h3,5,7-9H,1-2,4,6H2. The lowest BCUT2D eigenvalue weighted by molar-refractivity contribution is 0.187. The van der Waals surface area contributed by atoms with Crippen LogP contribution in [-0.4, -0.2) is 6.61 Å². The van der Waals surface area contributed by atoms with Crippen LogP contribution in [0.3, 0.4) is 0 Å². The molecule has 15 heavy (non-hydrogen) atoms. The van der Waals surface area contributed by atoms with Crippen molar-refractivity contribution in [2.45, 2.75) is 19.3 Å². The zero-order valence-electron chi connectivity index (χ0n) is 8.38. The van der Waals surface area contributed by atoms with Gasteiger partial charge in [-0.1, -0.05) is 35.4 Å². The molecular weight excluding hydrogens is 231 g/mol. The zero-order valence-corrected chi connectivity index (χ0v) is 9.89. The van der Waals surface area contributed by atoms with Gasteiger partial charge in [0.2, 0.25) is 0 Å². The number of unbranched alkanes of at least 4 members (excludes halogenated alkanes) is 2. The van der Waals surface area contributed by atoms with Gasteiger partial charge >= 0.3 is 0 Å². The van der Waals surface area contributed by atoms with Gasteiger partial charge in [-0.3, -0.25) is 0 Å². The Morgan fingerprint density at radius 3 is 2.33 bits per heavy atom. The van der Waals surface area contributed by atoms with Crippen LogP contribution in [0.5, 0.6) is 0 Å². The maximum absolute atomic E-state index is 10.2. The second-order valence-corrected chi connectivity index (χ2v) is 4.18. The largest absolute Gasteiger partial charge is 0.237 e. The van der Waals surface area contributed by atoms with Crippen molar-refractivity contribution in [3.05, 3.63) is 39.9 Å². The molecule has 0 N–H and O–H groups in total. The van der Waals surface area contributed by atoms with Gasteiger partial charge in [0.05, 0.1) is 6.61 Å². The topological polar surface area (TPSA) is 19.9 Å². The molecule has 1 nitrogen and oxygen atoms in total. The molecule has 0 heterocycles. The van der Waals surface area contributed by atoms with Gasteiger partial charge in [0.25, 0.3) is 0 Å². The number of allylic oxidation sites excluding steroid dienone is 1. The van der Waals surface area contributed by atoms with Gasteiger partial charge in [0, 0.05) is 10.0 Å². The smallest absolute Gasteiger partial charge is 0.0822 e. The fraction of sp³-hybridized carbons (Fsp3) is 0.333. The van der Waals surface area contributed by atoms with Crippen molar-refractivity contribution in [1.82, 2.24) is 0 Å². The average Bonchev–Trinajstić information content (AvgIpc) is 2.16. The average molecular weight is 244 g/mol. The van der Waals surface area contributed by atoms with E-state index in [1.807, 2.05) is 24.3 Å². The van der Waals surface area contributed by atoms with E-state index in [1.54, 1.807) is 6.07 Å². The van der Waals surface area contributed by atoms with Crippen molar-refractivity contribution in [2.75, 3.05) is 6.61 Å². The first-order valence-electron chi connectivity index (χ1n) is 4.93. The summed E-state index contributed by atoms with van der Waals surface area (Å²) in [5.41, 5.74) is 0.995. The Morgan fingerprint density at radius 1 is 1.07 bits per heavy atom. The van der Waals surface area contributed by atoms with Gasteiger partial charge in [-0.25, -0.2) is 5.11 Å². The molecule has 0 bridgehead atoms. The van der Waals surface area contributed by atoms with E-state index >= 15 is 0 Å². The fourth-order valence-corrected chi connectivity index (χ4v) is 1.80. The van der Waals surface area contributed by atoms with Crippen LogP contribution in [0.4, 0.5) is 0 Å². The van der Waals surface area contributed by atoms with E-state index in [2.05, 4.69) is 0 Å². The summed E-state index contributed by atoms with van der Waals surface area (Å²) in [5, 5.41) is 11.5. The lowest BCUT2D eigenvalue weighted by atomic mass is 10.1. The molecule has 1 rings (SSSR count). The van der Waals surface area contributed by atoms with Crippen molar-refractivity contribution >= 4 is 29.3 Å².